The first-order chi connectivity index (χ1) is 8.24. The van der Waals surface area contributed by atoms with Gasteiger partial charge in [0.25, 0.3) is 0 Å². The predicted molar refractivity (Wildman–Crippen MR) is 65.9 cm³/mol. The molecule has 0 fully saturated rings. The highest BCUT2D eigenvalue weighted by molar-refractivity contribution is 5.96. The van der Waals surface area contributed by atoms with Crippen molar-refractivity contribution >= 4 is 5.78 Å². The number of ether oxygens (including phenoxy) is 1. The molecule has 0 aliphatic carbocycles. The van der Waals surface area contributed by atoms with E-state index in [1.807, 2.05) is 20.8 Å². The van der Waals surface area contributed by atoms with Gasteiger partial charge in [0.2, 0.25) is 0 Å². The molecule has 0 atom stereocenters. The Bertz CT molecular complexity index is 425. The van der Waals surface area contributed by atoms with E-state index >= 15 is 0 Å². The van der Waals surface area contributed by atoms with E-state index in [2.05, 4.69) is 0 Å². The fraction of sp³-hybridized carbons (Fsp3) is 0.500. The molecule has 2 nitrogen and oxygen atoms in total. The fourth-order valence-corrected chi connectivity index (χ4v) is 1.55. The van der Waals surface area contributed by atoms with Gasteiger partial charge in [-0.15, -0.1) is 0 Å². The molecule has 4 heteroatoms. The third-order valence-corrected chi connectivity index (χ3v) is 2.63. The SMILES string of the molecule is COc1cc(F)c(C(=O)CCC(C)(C)C)c(F)c1. The van der Waals surface area contributed by atoms with E-state index < -0.39 is 23.0 Å². The lowest BCUT2D eigenvalue weighted by atomic mass is 9.88. The highest BCUT2D eigenvalue weighted by Crippen LogP contribution is 2.25. The molecule has 0 radical (unpaired) electrons. The van der Waals surface area contributed by atoms with Gasteiger partial charge in [-0.05, 0) is 11.8 Å². The van der Waals surface area contributed by atoms with E-state index in [9.17, 15) is 13.6 Å². The molecule has 0 aromatic heterocycles. The van der Waals surface area contributed by atoms with Crippen LogP contribution >= 0.6 is 0 Å². The average molecular weight is 256 g/mol. The minimum atomic E-state index is -0.870. The molecule has 0 aliphatic heterocycles. The summed E-state index contributed by atoms with van der Waals surface area (Å²) in [7, 11) is 1.31. The molecule has 1 aromatic carbocycles. The molecule has 0 unspecified atom stereocenters. The Morgan fingerprint density at radius 1 is 1.22 bits per heavy atom. The lowest BCUT2D eigenvalue weighted by molar-refractivity contribution is 0.0957. The zero-order chi connectivity index (χ0) is 13.9. The number of hydrogen-bond acceptors (Lipinski definition) is 2. The largest absolute Gasteiger partial charge is 0.497 e. The van der Waals surface area contributed by atoms with Crippen molar-refractivity contribution in [2.75, 3.05) is 7.11 Å². The van der Waals surface area contributed by atoms with Crippen molar-refractivity contribution < 1.29 is 18.3 Å². The Morgan fingerprint density at radius 2 is 1.72 bits per heavy atom. The first kappa shape index (κ1) is 14.6. The van der Waals surface area contributed by atoms with Crippen LogP contribution in [-0.2, 0) is 0 Å². The maximum Gasteiger partial charge on any atom is 0.168 e. The Balaban J connectivity index is 2.93. The van der Waals surface area contributed by atoms with Gasteiger partial charge in [-0.25, -0.2) is 8.78 Å². The summed E-state index contributed by atoms with van der Waals surface area (Å²) >= 11 is 0. The molecular weight excluding hydrogens is 238 g/mol. The quantitative estimate of drug-likeness (QED) is 0.761. The van der Waals surface area contributed by atoms with Gasteiger partial charge in [-0.3, -0.25) is 4.79 Å². The summed E-state index contributed by atoms with van der Waals surface area (Å²) in [5, 5.41) is 0. The molecule has 0 saturated carbocycles. The number of ketones is 1. The normalized spacial score (nSPS) is 11.4. The number of rotatable bonds is 4. The molecule has 1 aromatic rings. The maximum absolute atomic E-state index is 13.6. The monoisotopic (exact) mass is 256 g/mol. The summed E-state index contributed by atoms with van der Waals surface area (Å²) in [6.07, 6.45) is 0.709. The number of carbonyl (C=O) groups excluding carboxylic acids is 1. The van der Waals surface area contributed by atoms with E-state index in [1.54, 1.807) is 0 Å². The van der Waals surface area contributed by atoms with Crippen molar-refractivity contribution in [3.63, 3.8) is 0 Å². The van der Waals surface area contributed by atoms with Crippen LogP contribution in [0.15, 0.2) is 12.1 Å². The van der Waals surface area contributed by atoms with E-state index in [-0.39, 0.29) is 17.6 Å². The van der Waals surface area contributed by atoms with Crippen LogP contribution < -0.4 is 4.74 Å². The van der Waals surface area contributed by atoms with Gasteiger partial charge in [-0.2, -0.15) is 0 Å². The van der Waals surface area contributed by atoms with E-state index in [4.69, 9.17) is 4.74 Å². The standard InChI is InChI=1S/C14H18F2O2/c1-14(2,3)6-5-12(17)13-10(15)7-9(18-4)8-11(13)16/h7-8H,5-6H2,1-4H3. The molecule has 0 amide bonds. The lowest BCUT2D eigenvalue weighted by Gasteiger charge is -2.17. The summed E-state index contributed by atoms with van der Waals surface area (Å²) in [6.45, 7) is 5.92. The van der Waals surface area contributed by atoms with Crippen molar-refractivity contribution in [1.29, 1.82) is 0 Å². The Hall–Kier alpha value is -1.45. The summed E-state index contributed by atoms with van der Waals surface area (Å²) in [5.74, 6) is -2.18. The number of carbonyl (C=O) groups is 1. The zero-order valence-corrected chi connectivity index (χ0v) is 11.1. The topological polar surface area (TPSA) is 26.3 Å². The minimum absolute atomic E-state index is 0.0465. The summed E-state index contributed by atoms with van der Waals surface area (Å²) in [5.41, 5.74) is -0.519. The average Bonchev–Trinajstić information content (AvgIpc) is 2.24. The molecular formula is C14H18F2O2. The van der Waals surface area contributed by atoms with Crippen LogP contribution in [0.4, 0.5) is 8.78 Å². The van der Waals surface area contributed by atoms with Gasteiger partial charge in [0.05, 0.1) is 12.7 Å². The van der Waals surface area contributed by atoms with Gasteiger partial charge in [0.1, 0.15) is 17.4 Å². The van der Waals surface area contributed by atoms with E-state index in [0.717, 1.165) is 12.1 Å². The molecule has 0 saturated heterocycles. The van der Waals surface area contributed by atoms with Crippen LogP contribution in [0.3, 0.4) is 0 Å². The molecule has 0 heterocycles. The highest BCUT2D eigenvalue weighted by Gasteiger charge is 2.21. The van der Waals surface area contributed by atoms with Crippen LogP contribution in [0.5, 0.6) is 5.75 Å². The van der Waals surface area contributed by atoms with Crippen molar-refractivity contribution in [2.24, 2.45) is 5.41 Å². The highest BCUT2D eigenvalue weighted by atomic mass is 19.1. The molecule has 0 N–H and O–H groups in total. The van der Waals surface area contributed by atoms with Crippen LogP contribution in [0.25, 0.3) is 0 Å². The molecule has 0 spiro atoms. The van der Waals surface area contributed by atoms with Gasteiger partial charge >= 0.3 is 0 Å². The fourth-order valence-electron chi connectivity index (χ4n) is 1.55. The van der Waals surface area contributed by atoms with Gasteiger partial charge in [0.15, 0.2) is 5.78 Å². The van der Waals surface area contributed by atoms with Crippen molar-refractivity contribution in [2.45, 2.75) is 33.6 Å². The second-order valence-electron chi connectivity index (χ2n) is 5.45. The molecule has 1 rings (SSSR count). The minimum Gasteiger partial charge on any atom is -0.497 e. The molecule has 18 heavy (non-hydrogen) atoms. The summed E-state index contributed by atoms with van der Waals surface area (Å²) in [6, 6.07) is 2.04. The van der Waals surface area contributed by atoms with Crippen LogP contribution in [0.2, 0.25) is 0 Å². The third-order valence-electron chi connectivity index (χ3n) is 2.63. The van der Waals surface area contributed by atoms with Gasteiger partial charge in [-0.1, -0.05) is 20.8 Å². The molecule has 0 aliphatic rings. The van der Waals surface area contributed by atoms with Gasteiger partial charge < -0.3 is 4.74 Å². The smallest absolute Gasteiger partial charge is 0.168 e. The Kier molecular flexibility index (Phi) is 4.43. The van der Waals surface area contributed by atoms with Crippen molar-refractivity contribution in [3.8, 4) is 5.75 Å². The molecule has 0 bridgehead atoms. The van der Waals surface area contributed by atoms with Gasteiger partial charge in [0, 0.05) is 18.6 Å². The van der Waals surface area contributed by atoms with E-state index in [0.29, 0.717) is 6.42 Å². The number of hydrogen-bond donors (Lipinski definition) is 0. The third kappa shape index (κ3) is 3.79. The number of halogens is 2. The second-order valence-corrected chi connectivity index (χ2v) is 5.45. The first-order valence-electron chi connectivity index (χ1n) is 5.81. The number of benzene rings is 1. The lowest BCUT2D eigenvalue weighted by Crippen LogP contribution is -2.12. The number of methoxy groups -OCH3 is 1. The summed E-state index contributed by atoms with van der Waals surface area (Å²) < 4.78 is 32.0. The number of Topliss-reactive ketones (excluding diaryl/α,β-unsaturated/α-hetero) is 1. The Morgan fingerprint density at radius 3 is 2.11 bits per heavy atom. The zero-order valence-electron chi connectivity index (χ0n) is 11.1. The van der Waals surface area contributed by atoms with Crippen LogP contribution in [0.1, 0.15) is 44.0 Å². The van der Waals surface area contributed by atoms with Crippen molar-refractivity contribution in [3.05, 3.63) is 29.3 Å². The maximum atomic E-state index is 13.6. The van der Waals surface area contributed by atoms with Crippen LogP contribution in [-0.4, -0.2) is 12.9 Å². The summed E-state index contributed by atoms with van der Waals surface area (Å²) in [4.78, 5) is 11.8. The van der Waals surface area contributed by atoms with Crippen LogP contribution in [0, 0.1) is 17.0 Å². The van der Waals surface area contributed by atoms with Crippen molar-refractivity contribution in [1.82, 2.24) is 0 Å². The van der Waals surface area contributed by atoms with E-state index in [1.165, 1.54) is 7.11 Å². The molecule has 100 valence electrons. The second kappa shape index (κ2) is 5.46. The predicted octanol–water partition coefficient (Wildman–Crippen LogP) is 3.98. The Labute approximate surface area is 106 Å². The first-order valence-corrected chi connectivity index (χ1v) is 5.81.